The fourth-order valence-electron chi connectivity index (χ4n) is 2.43. The Morgan fingerprint density at radius 3 is 2.50 bits per heavy atom. The molecule has 0 unspecified atom stereocenters. The number of nitrogens with zero attached hydrogens (tertiary/aromatic N) is 1. The summed E-state index contributed by atoms with van der Waals surface area (Å²) in [5.41, 5.74) is 2.44. The van der Waals surface area contributed by atoms with Gasteiger partial charge in [0.25, 0.3) is 5.91 Å². The Bertz CT molecular complexity index is 898. The summed E-state index contributed by atoms with van der Waals surface area (Å²) in [5, 5.41) is 5.81. The molecule has 0 aliphatic rings. The molecule has 0 spiro atoms. The molecule has 1 amide bonds. The van der Waals surface area contributed by atoms with Crippen molar-refractivity contribution in [3.05, 3.63) is 89.8 Å². The van der Waals surface area contributed by atoms with Crippen molar-refractivity contribution in [1.82, 2.24) is 4.98 Å². The molecule has 0 bridgehead atoms. The highest BCUT2D eigenvalue weighted by Crippen LogP contribution is 2.13. The molecule has 0 atom stereocenters. The molecule has 0 saturated heterocycles. The first kappa shape index (κ1) is 17.5. The van der Waals surface area contributed by atoms with Gasteiger partial charge in [0.2, 0.25) is 0 Å². The van der Waals surface area contributed by atoms with Crippen molar-refractivity contribution in [2.75, 3.05) is 17.2 Å². The van der Waals surface area contributed by atoms with Crippen LogP contribution < -0.4 is 10.6 Å². The Labute approximate surface area is 149 Å². The van der Waals surface area contributed by atoms with Crippen LogP contribution in [0.25, 0.3) is 0 Å². The zero-order valence-corrected chi connectivity index (χ0v) is 13.9. The lowest BCUT2D eigenvalue weighted by Crippen LogP contribution is -2.13. The van der Waals surface area contributed by atoms with E-state index in [2.05, 4.69) is 15.6 Å². The number of pyridine rings is 1. The van der Waals surface area contributed by atoms with Gasteiger partial charge < -0.3 is 10.6 Å². The van der Waals surface area contributed by atoms with E-state index in [-0.39, 0.29) is 11.7 Å². The molecule has 2 aromatic carbocycles. The van der Waals surface area contributed by atoms with Gasteiger partial charge in [-0.2, -0.15) is 0 Å². The quantitative estimate of drug-likeness (QED) is 0.696. The normalized spacial score (nSPS) is 10.4. The number of aromatic nitrogens is 1. The SMILES string of the molecule is O=C(Nc1cccc(F)c1)c1cncc(NCCc2ccc(F)cc2)c1. The molecular weight excluding hydrogens is 336 g/mol. The highest BCUT2D eigenvalue weighted by atomic mass is 19.1. The standard InChI is InChI=1S/C20H17F2N3O/c21-16-6-4-14(5-7-16)8-9-24-19-10-15(12-23-13-19)20(26)25-18-3-1-2-17(22)11-18/h1-7,10-13,24H,8-9H2,(H,25,26). The third kappa shape index (κ3) is 4.86. The minimum absolute atomic E-state index is 0.261. The minimum Gasteiger partial charge on any atom is -0.383 e. The van der Waals surface area contributed by atoms with E-state index in [9.17, 15) is 13.6 Å². The zero-order chi connectivity index (χ0) is 18.4. The first-order valence-electron chi connectivity index (χ1n) is 8.10. The van der Waals surface area contributed by atoms with E-state index >= 15 is 0 Å². The number of carbonyl (C=O) groups excluding carboxylic acids is 1. The van der Waals surface area contributed by atoms with Crippen molar-refractivity contribution in [3.63, 3.8) is 0 Å². The van der Waals surface area contributed by atoms with E-state index in [1.807, 2.05) is 0 Å². The number of benzene rings is 2. The Balaban J connectivity index is 1.58. The molecule has 1 aromatic heterocycles. The maximum absolute atomic E-state index is 13.2. The largest absolute Gasteiger partial charge is 0.383 e. The lowest BCUT2D eigenvalue weighted by atomic mass is 10.1. The summed E-state index contributed by atoms with van der Waals surface area (Å²) in [5.74, 6) is -1.05. The van der Waals surface area contributed by atoms with Gasteiger partial charge in [-0.15, -0.1) is 0 Å². The molecule has 0 fully saturated rings. The van der Waals surface area contributed by atoms with E-state index in [1.54, 1.807) is 30.5 Å². The average molecular weight is 353 g/mol. The van der Waals surface area contributed by atoms with Gasteiger partial charge in [0.15, 0.2) is 0 Å². The summed E-state index contributed by atoms with van der Waals surface area (Å²) in [6.07, 6.45) is 3.77. The number of amides is 1. The molecule has 0 aliphatic carbocycles. The van der Waals surface area contributed by atoms with Crippen LogP contribution in [0.5, 0.6) is 0 Å². The van der Waals surface area contributed by atoms with Crippen LogP contribution in [0.3, 0.4) is 0 Å². The van der Waals surface area contributed by atoms with Crippen LogP contribution in [-0.4, -0.2) is 17.4 Å². The monoisotopic (exact) mass is 353 g/mol. The summed E-state index contributed by atoms with van der Waals surface area (Å²) in [7, 11) is 0. The van der Waals surface area contributed by atoms with Crippen LogP contribution in [0.15, 0.2) is 67.0 Å². The second-order valence-electron chi connectivity index (χ2n) is 5.73. The molecule has 6 heteroatoms. The second kappa shape index (κ2) is 8.20. The number of halogens is 2. The molecule has 0 aliphatic heterocycles. The van der Waals surface area contributed by atoms with Crippen molar-refractivity contribution in [2.45, 2.75) is 6.42 Å². The molecule has 3 rings (SSSR count). The Kier molecular flexibility index (Phi) is 5.53. The topological polar surface area (TPSA) is 54.0 Å². The lowest BCUT2D eigenvalue weighted by Gasteiger charge is -2.09. The van der Waals surface area contributed by atoms with Crippen LogP contribution in [0.4, 0.5) is 20.2 Å². The first-order chi connectivity index (χ1) is 12.6. The van der Waals surface area contributed by atoms with Gasteiger partial charge in [0, 0.05) is 24.6 Å². The van der Waals surface area contributed by atoms with E-state index in [0.717, 1.165) is 5.56 Å². The molecule has 0 radical (unpaired) electrons. The van der Waals surface area contributed by atoms with E-state index in [4.69, 9.17) is 0 Å². The van der Waals surface area contributed by atoms with Gasteiger partial charge in [0.05, 0.1) is 11.3 Å². The van der Waals surface area contributed by atoms with Crippen LogP contribution >= 0.6 is 0 Å². The van der Waals surface area contributed by atoms with Crippen LogP contribution in [0, 0.1) is 11.6 Å². The van der Waals surface area contributed by atoms with Crippen molar-refractivity contribution in [1.29, 1.82) is 0 Å². The maximum Gasteiger partial charge on any atom is 0.257 e. The number of nitrogens with one attached hydrogen (secondary N) is 2. The highest BCUT2D eigenvalue weighted by molar-refractivity contribution is 6.04. The molecular formula is C20H17F2N3O. The Morgan fingerprint density at radius 2 is 1.73 bits per heavy atom. The van der Waals surface area contributed by atoms with Crippen molar-refractivity contribution < 1.29 is 13.6 Å². The molecule has 3 aromatic rings. The third-order valence-electron chi connectivity index (χ3n) is 3.74. The van der Waals surface area contributed by atoms with Crippen molar-refractivity contribution in [3.8, 4) is 0 Å². The number of hydrogen-bond acceptors (Lipinski definition) is 3. The van der Waals surface area contributed by atoms with Gasteiger partial charge in [-0.25, -0.2) is 8.78 Å². The second-order valence-corrected chi connectivity index (χ2v) is 5.73. The predicted octanol–water partition coefficient (Wildman–Crippen LogP) is 4.27. The predicted molar refractivity (Wildman–Crippen MR) is 97.2 cm³/mol. The Hall–Kier alpha value is -3.28. The smallest absolute Gasteiger partial charge is 0.257 e. The summed E-state index contributed by atoms with van der Waals surface area (Å²) >= 11 is 0. The number of rotatable bonds is 6. The number of anilines is 2. The third-order valence-corrected chi connectivity index (χ3v) is 3.74. The van der Waals surface area contributed by atoms with Crippen LogP contribution in [-0.2, 0) is 6.42 Å². The number of hydrogen-bond donors (Lipinski definition) is 2. The van der Waals surface area contributed by atoms with Crippen molar-refractivity contribution >= 4 is 17.3 Å². The van der Waals surface area contributed by atoms with Crippen LogP contribution in [0.2, 0.25) is 0 Å². The fraction of sp³-hybridized carbons (Fsp3) is 0.100. The fourth-order valence-corrected chi connectivity index (χ4v) is 2.43. The van der Waals surface area contributed by atoms with Gasteiger partial charge in [-0.3, -0.25) is 9.78 Å². The molecule has 1 heterocycles. The van der Waals surface area contributed by atoms with Gasteiger partial charge in [0.1, 0.15) is 11.6 Å². The molecule has 0 saturated carbocycles. The lowest BCUT2D eigenvalue weighted by molar-refractivity contribution is 0.102. The van der Waals surface area contributed by atoms with Crippen molar-refractivity contribution in [2.24, 2.45) is 0 Å². The van der Waals surface area contributed by atoms with E-state index in [0.29, 0.717) is 29.9 Å². The minimum atomic E-state index is -0.419. The summed E-state index contributed by atoms with van der Waals surface area (Å²) in [6, 6.07) is 13.7. The average Bonchev–Trinajstić information content (AvgIpc) is 2.64. The summed E-state index contributed by atoms with van der Waals surface area (Å²) < 4.78 is 26.1. The van der Waals surface area contributed by atoms with Gasteiger partial charge >= 0.3 is 0 Å². The summed E-state index contributed by atoms with van der Waals surface area (Å²) in [6.45, 7) is 0.613. The van der Waals surface area contributed by atoms with E-state index < -0.39 is 5.82 Å². The van der Waals surface area contributed by atoms with Gasteiger partial charge in [-0.1, -0.05) is 18.2 Å². The molecule has 4 nitrogen and oxygen atoms in total. The molecule has 132 valence electrons. The summed E-state index contributed by atoms with van der Waals surface area (Å²) in [4.78, 5) is 16.3. The molecule has 2 N–H and O–H groups in total. The Morgan fingerprint density at radius 1 is 0.923 bits per heavy atom. The maximum atomic E-state index is 13.2. The molecule has 26 heavy (non-hydrogen) atoms. The van der Waals surface area contributed by atoms with Gasteiger partial charge in [-0.05, 0) is 48.4 Å². The first-order valence-corrected chi connectivity index (χ1v) is 8.10. The zero-order valence-electron chi connectivity index (χ0n) is 13.9. The highest BCUT2D eigenvalue weighted by Gasteiger charge is 2.08. The van der Waals surface area contributed by atoms with E-state index in [1.165, 1.54) is 36.5 Å². The van der Waals surface area contributed by atoms with Crippen LogP contribution in [0.1, 0.15) is 15.9 Å². The number of carbonyl (C=O) groups is 1.